The average Bonchev–Trinajstić information content (AvgIpc) is 2.46. The summed E-state index contributed by atoms with van der Waals surface area (Å²) in [5, 5.41) is 3.64. The SMILES string of the molecule is CCNC(c1ccncn1)C1CCCCC1CC. The van der Waals surface area contributed by atoms with Crippen LogP contribution < -0.4 is 5.32 Å². The molecule has 0 saturated heterocycles. The Hall–Kier alpha value is -0.960. The lowest BCUT2D eigenvalue weighted by Gasteiger charge is -2.37. The van der Waals surface area contributed by atoms with Crippen LogP contribution in [0.2, 0.25) is 0 Å². The Bertz CT molecular complexity index is 339. The summed E-state index contributed by atoms with van der Waals surface area (Å²) < 4.78 is 0. The van der Waals surface area contributed by atoms with Crippen molar-refractivity contribution in [2.24, 2.45) is 11.8 Å². The average molecular weight is 247 g/mol. The van der Waals surface area contributed by atoms with Crippen LogP contribution in [0.4, 0.5) is 0 Å². The van der Waals surface area contributed by atoms with E-state index in [1.54, 1.807) is 6.33 Å². The van der Waals surface area contributed by atoms with Crippen LogP contribution in [-0.4, -0.2) is 16.5 Å². The van der Waals surface area contributed by atoms with Crippen molar-refractivity contribution in [2.45, 2.75) is 52.0 Å². The molecule has 1 aromatic heterocycles. The Kier molecular flexibility index (Phi) is 5.12. The zero-order valence-corrected chi connectivity index (χ0v) is 11.6. The zero-order chi connectivity index (χ0) is 12.8. The molecule has 0 spiro atoms. The second-order valence-electron chi connectivity index (χ2n) is 5.29. The highest BCUT2D eigenvalue weighted by Gasteiger charge is 2.31. The summed E-state index contributed by atoms with van der Waals surface area (Å²) >= 11 is 0. The molecule has 100 valence electrons. The van der Waals surface area contributed by atoms with Crippen LogP contribution in [-0.2, 0) is 0 Å². The molecule has 1 aliphatic carbocycles. The van der Waals surface area contributed by atoms with Crippen molar-refractivity contribution in [3.63, 3.8) is 0 Å². The number of aromatic nitrogens is 2. The van der Waals surface area contributed by atoms with Crippen molar-refractivity contribution in [1.82, 2.24) is 15.3 Å². The smallest absolute Gasteiger partial charge is 0.115 e. The van der Waals surface area contributed by atoms with Crippen LogP contribution in [0.25, 0.3) is 0 Å². The van der Waals surface area contributed by atoms with E-state index in [-0.39, 0.29) is 0 Å². The van der Waals surface area contributed by atoms with Gasteiger partial charge in [-0.2, -0.15) is 0 Å². The number of nitrogens with zero attached hydrogens (tertiary/aromatic N) is 2. The highest BCUT2D eigenvalue weighted by molar-refractivity contribution is 5.07. The van der Waals surface area contributed by atoms with Crippen LogP contribution in [0.5, 0.6) is 0 Å². The van der Waals surface area contributed by atoms with E-state index >= 15 is 0 Å². The first-order valence-electron chi connectivity index (χ1n) is 7.36. The maximum Gasteiger partial charge on any atom is 0.115 e. The first-order valence-corrected chi connectivity index (χ1v) is 7.36. The molecule has 1 aliphatic rings. The van der Waals surface area contributed by atoms with Crippen molar-refractivity contribution in [3.8, 4) is 0 Å². The molecular weight excluding hydrogens is 222 g/mol. The molecule has 0 radical (unpaired) electrons. The summed E-state index contributed by atoms with van der Waals surface area (Å²) in [7, 11) is 0. The monoisotopic (exact) mass is 247 g/mol. The van der Waals surface area contributed by atoms with Crippen molar-refractivity contribution >= 4 is 0 Å². The first-order chi connectivity index (χ1) is 8.86. The van der Waals surface area contributed by atoms with E-state index in [0.29, 0.717) is 6.04 Å². The van der Waals surface area contributed by atoms with Crippen LogP contribution in [0.3, 0.4) is 0 Å². The Morgan fingerprint density at radius 2 is 2.17 bits per heavy atom. The normalized spacial score (nSPS) is 25.9. The Morgan fingerprint density at radius 3 is 2.83 bits per heavy atom. The molecule has 3 unspecified atom stereocenters. The number of nitrogens with one attached hydrogen (secondary N) is 1. The molecule has 1 aromatic rings. The first kappa shape index (κ1) is 13.5. The molecule has 18 heavy (non-hydrogen) atoms. The molecule has 1 heterocycles. The zero-order valence-electron chi connectivity index (χ0n) is 11.6. The third kappa shape index (κ3) is 3.08. The van der Waals surface area contributed by atoms with Gasteiger partial charge in [0.15, 0.2) is 0 Å². The van der Waals surface area contributed by atoms with Gasteiger partial charge in [0.2, 0.25) is 0 Å². The second kappa shape index (κ2) is 6.83. The van der Waals surface area contributed by atoms with Crippen molar-refractivity contribution in [1.29, 1.82) is 0 Å². The Labute approximate surface area is 110 Å². The lowest BCUT2D eigenvalue weighted by molar-refractivity contribution is 0.174. The van der Waals surface area contributed by atoms with E-state index in [9.17, 15) is 0 Å². The Balaban J connectivity index is 2.18. The number of hydrogen-bond donors (Lipinski definition) is 1. The van der Waals surface area contributed by atoms with E-state index in [1.807, 2.05) is 6.20 Å². The molecule has 2 rings (SSSR count). The van der Waals surface area contributed by atoms with Gasteiger partial charge in [-0.1, -0.05) is 39.5 Å². The van der Waals surface area contributed by atoms with Crippen molar-refractivity contribution < 1.29 is 0 Å². The van der Waals surface area contributed by atoms with Gasteiger partial charge in [-0.3, -0.25) is 0 Å². The van der Waals surface area contributed by atoms with E-state index in [1.165, 1.54) is 32.1 Å². The third-order valence-electron chi connectivity index (χ3n) is 4.27. The lowest BCUT2D eigenvalue weighted by Crippen LogP contribution is -2.35. The molecule has 1 saturated carbocycles. The number of hydrogen-bond acceptors (Lipinski definition) is 3. The van der Waals surface area contributed by atoms with E-state index < -0.39 is 0 Å². The molecular formula is C15H25N3. The standard InChI is InChI=1S/C15H25N3/c1-3-12-7-5-6-8-13(12)15(17-4-2)14-9-10-16-11-18-14/h9-13,15,17H,3-8H2,1-2H3. The topological polar surface area (TPSA) is 37.8 Å². The minimum Gasteiger partial charge on any atom is -0.309 e. The van der Waals surface area contributed by atoms with Crippen LogP contribution in [0.15, 0.2) is 18.6 Å². The molecule has 1 N–H and O–H groups in total. The molecule has 3 nitrogen and oxygen atoms in total. The van der Waals surface area contributed by atoms with E-state index in [2.05, 4.69) is 35.2 Å². The van der Waals surface area contributed by atoms with Gasteiger partial charge in [0.25, 0.3) is 0 Å². The predicted molar refractivity (Wildman–Crippen MR) is 74.2 cm³/mol. The largest absolute Gasteiger partial charge is 0.309 e. The van der Waals surface area contributed by atoms with Gasteiger partial charge in [0, 0.05) is 6.20 Å². The van der Waals surface area contributed by atoms with Crippen LogP contribution >= 0.6 is 0 Å². The second-order valence-corrected chi connectivity index (χ2v) is 5.29. The summed E-state index contributed by atoms with van der Waals surface area (Å²) in [6.07, 6.45) is 10.3. The fourth-order valence-corrected chi connectivity index (χ4v) is 3.36. The fraction of sp³-hybridized carbons (Fsp3) is 0.733. The van der Waals surface area contributed by atoms with Crippen molar-refractivity contribution in [2.75, 3.05) is 6.54 Å². The highest BCUT2D eigenvalue weighted by Crippen LogP contribution is 2.39. The predicted octanol–water partition coefficient (Wildman–Crippen LogP) is 3.34. The summed E-state index contributed by atoms with van der Waals surface area (Å²) in [5.74, 6) is 1.58. The van der Waals surface area contributed by atoms with Crippen LogP contribution in [0, 0.1) is 11.8 Å². The fourth-order valence-electron chi connectivity index (χ4n) is 3.36. The van der Waals surface area contributed by atoms with Gasteiger partial charge in [-0.15, -0.1) is 0 Å². The van der Waals surface area contributed by atoms with Crippen molar-refractivity contribution in [3.05, 3.63) is 24.3 Å². The van der Waals surface area contributed by atoms with Gasteiger partial charge in [0.1, 0.15) is 6.33 Å². The van der Waals surface area contributed by atoms with Gasteiger partial charge >= 0.3 is 0 Å². The van der Waals surface area contributed by atoms with E-state index in [4.69, 9.17) is 0 Å². The number of rotatable bonds is 5. The van der Waals surface area contributed by atoms with E-state index in [0.717, 1.165) is 24.1 Å². The lowest BCUT2D eigenvalue weighted by atomic mass is 9.73. The Morgan fingerprint density at radius 1 is 1.33 bits per heavy atom. The maximum atomic E-state index is 4.47. The third-order valence-corrected chi connectivity index (χ3v) is 4.27. The molecule has 0 bridgehead atoms. The summed E-state index contributed by atoms with van der Waals surface area (Å²) in [5.41, 5.74) is 1.16. The summed E-state index contributed by atoms with van der Waals surface area (Å²) in [6.45, 7) is 5.51. The molecule has 0 aromatic carbocycles. The molecule has 3 heteroatoms. The van der Waals surface area contributed by atoms with Gasteiger partial charge < -0.3 is 5.32 Å². The van der Waals surface area contributed by atoms with Gasteiger partial charge in [0.05, 0.1) is 11.7 Å². The van der Waals surface area contributed by atoms with Crippen LogP contribution in [0.1, 0.15) is 57.7 Å². The minimum absolute atomic E-state index is 0.406. The molecule has 1 fully saturated rings. The minimum atomic E-state index is 0.406. The molecule has 3 atom stereocenters. The van der Waals surface area contributed by atoms with Gasteiger partial charge in [-0.05, 0) is 30.9 Å². The summed E-state index contributed by atoms with van der Waals surface area (Å²) in [4.78, 5) is 8.50. The maximum absolute atomic E-state index is 4.47. The summed E-state index contributed by atoms with van der Waals surface area (Å²) in [6, 6.07) is 2.47. The highest BCUT2D eigenvalue weighted by atomic mass is 15.0. The van der Waals surface area contributed by atoms with Gasteiger partial charge in [-0.25, -0.2) is 9.97 Å². The quantitative estimate of drug-likeness (QED) is 0.867. The molecule has 0 aliphatic heterocycles. The molecule has 0 amide bonds.